The molecule has 60 valence electrons. The van der Waals surface area contributed by atoms with Crippen molar-refractivity contribution >= 4 is 40.3 Å². The quantitative estimate of drug-likeness (QED) is 0.344. The van der Waals surface area contributed by atoms with Crippen LogP contribution >= 0.6 is 0 Å². The fraction of sp³-hybridized carbons (Fsp3) is 0.333. The lowest BCUT2D eigenvalue weighted by Crippen LogP contribution is -2.11. The van der Waals surface area contributed by atoms with Gasteiger partial charge in [-0.25, -0.2) is 0 Å². The molecule has 0 N–H and O–H groups in total. The largest absolute Gasteiger partial charge is 0.449 e. The van der Waals surface area contributed by atoms with Crippen molar-refractivity contribution in [3.05, 3.63) is 11.8 Å². The van der Waals surface area contributed by atoms with Crippen LogP contribution in [0, 0.1) is 0 Å². The fourth-order valence-electron chi connectivity index (χ4n) is 0.389. The summed E-state index contributed by atoms with van der Waals surface area (Å²) in [6.07, 6.45) is 2.03. The normalized spacial score (nSPS) is 14.9. The standard InChI is InChI=1S/C3H14O3Si4/c1-2-3-8-5-10-6-9-4-7/h2-3H,8-10H2,1,7H3. The molecule has 10 heavy (non-hydrogen) atoms. The topological polar surface area (TPSA) is 27.7 Å². The summed E-state index contributed by atoms with van der Waals surface area (Å²) in [4.78, 5) is 0. The Balaban J connectivity index is 2.77. The first-order chi connectivity index (χ1) is 4.91. The summed E-state index contributed by atoms with van der Waals surface area (Å²) in [5.41, 5.74) is 2.11. The van der Waals surface area contributed by atoms with E-state index in [4.69, 9.17) is 12.3 Å². The molecule has 0 fully saturated rings. The van der Waals surface area contributed by atoms with E-state index in [9.17, 15) is 0 Å². The monoisotopic (exact) mass is 210 g/mol. The number of rotatable bonds is 6. The van der Waals surface area contributed by atoms with Crippen LogP contribution in [0.5, 0.6) is 0 Å². The first kappa shape index (κ1) is 10.5. The summed E-state index contributed by atoms with van der Waals surface area (Å²) in [7, 11) is -0.839. The van der Waals surface area contributed by atoms with Crippen molar-refractivity contribution in [1.82, 2.24) is 0 Å². The third-order valence-corrected chi connectivity index (χ3v) is 5.37. The van der Waals surface area contributed by atoms with E-state index in [0.717, 1.165) is 10.5 Å². The van der Waals surface area contributed by atoms with Crippen molar-refractivity contribution in [2.24, 2.45) is 0 Å². The molecule has 0 aromatic carbocycles. The predicted octanol–water partition coefficient (Wildman–Crippen LogP) is -3.07. The molecule has 0 aromatic heterocycles. The van der Waals surface area contributed by atoms with Crippen LogP contribution < -0.4 is 0 Å². The third-order valence-electron chi connectivity index (χ3n) is 0.818. The molecule has 0 aliphatic rings. The van der Waals surface area contributed by atoms with Gasteiger partial charge in [0.15, 0.2) is 9.76 Å². The lowest BCUT2D eigenvalue weighted by molar-refractivity contribution is 0.440. The van der Waals surface area contributed by atoms with Crippen molar-refractivity contribution in [2.45, 2.75) is 6.92 Å². The Morgan fingerprint density at radius 3 is 2.70 bits per heavy atom. The van der Waals surface area contributed by atoms with Gasteiger partial charge in [-0.2, -0.15) is 0 Å². The summed E-state index contributed by atoms with van der Waals surface area (Å²) < 4.78 is 15.5. The van der Waals surface area contributed by atoms with E-state index in [1.54, 1.807) is 0 Å². The van der Waals surface area contributed by atoms with E-state index in [2.05, 4.69) is 5.70 Å². The minimum absolute atomic E-state index is 0.383. The summed E-state index contributed by atoms with van der Waals surface area (Å²) in [6, 6.07) is 0. The summed E-state index contributed by atoms with van der Waals surface area (Å²) in [6.45, 7) is 2.01. The van der Waals surface area contributed by atoms with Crippen molar-refractivity contribution in [1.29, 1.82) is 0 Å². The molecule has 0 saturated heterocycles. The zero-order valence-electron chi connectivity index (χ0n) is 6.50. The van der Waals surface area contributed by atoms with Gasteiger partial charge in [0, 0.05) is 0 Å². The zero-order valence-corrected chi connectivity index (χ0v) is 12.7. The molecule has 0 aromatic rings. The second-order valence-electron chi connectivity index (χ2n) is 1.67. The molecule has 0 bridgehead atoms. The van der Waals surface area contributed by atoms with Crippen molar-refractivity contribution in [3.63, 3.8) is 0 Å². The molecule has 0 rings (SSSR count). The Bertz CT molecular complexity index is 87.8. The van der Waals surface area contributed by atoms with Gasteiger partial charge >= 0.3 is 0 Å². The minimum atomic E-state index is -0.651. The molecule has 0 amide bonds. The Hall–Kier alpha value is 0.488. The van der Waals surface area contributed by atoms with Gasteiger partial charge in [-0.3, -0.25) is 0 Å². The van der Waals surface area contributed by atoms with Crippen LogP contribution in [0.1, 0.15) is 6.92 Å². The smallest absolute Gasteiger partial charge is 0.284 e. The molecular formula is C3H14O3Si4. The summed E-state index contributed by atoms with van der Waals surface area (Å²) >= 11 is 0. The Morgan fingerprint density at radius 1 is 1.30 bits per heavy atom. The lowest BCUT2D eigenvalue weighted by atomic mass is 10.8. The van der Waals surface area contributed by atoms with Gasteiger partial charge in [0.2, 0.25) is 0 Å². The number of hydrogen-bond donors (Lipinski definition) is 0. The molecule has 0 saturated carbocycles. The number of hydrogen-bond acceptors (Lipinski definition) is 3. The lowest BCUT2D eigenvalue weighted by Gasteiger charge is -2.00. The first-order valence-corrected chi connectivity index (χ1v) is 7.69. The van der Waals surface area contributed by atoms with Gasteiger partial charge in [0.05, 0.1) is 0 Å². The van der Waals surface area contributed by atoms with Crippen molar-refractivity contribution in [3.8, 4) is 0 Å². The van der Waals surface area contributed by atoms with Gasteiger partial charge in [-0.1, -0.05) is 11.8 Å². The average molecular weight is 210 g/mol. The maximum Gasteiger partial charge on any atom is 0.284 e. The number of allylic oxidation sites excluding steroid dienone is 1. The molecule has 0 atom stereocenters. The van der Waals surface area contributed by atoms with Crippen molar-refractivity contribution in [2.75, 3.05) is 0 Å². The first-order valence-electron chi connectivity index (χ1n) is 3.17. The second kappa shape index (κ2) is 9.49. The Labute approximate surface area is 71.8 Å². The fourth-order valence-corrected chi connectivity index (χ4v) is 5.48. The summed E-state index contributed by atoms with van der Waals surface area (Å²) in [5, 5.41) is 0. The highest BCUT2D eigenvalue weighted by molar-refractivity contribution is 6.47. The van der Waals surface area contributed by atoms with E-state index >= 15 is 0 Å². The predicted molar refractivity (Wildman–Crippen MR) is 53.6 cm³/mol. The van der Waals surface area contributed by atoms with Crippen LogP contribution in [0.3, 0.4) is 0 Å². The van der Waals surface area contributed by atoms with E-state index in [1.807, 2.05) is 13.0 Å². The molecule has 7 heteroatoms. The van der Waals surface area contributed by atoms with Gasteiger partial charge in [-0.05, 0) is 6.92 Å². The third kappa shape index (κ3) is 8.49. The van der Waals surface area contributed by atoms with Gasteiger partial charge in [0.1, 0.15) is 10.5 Å². The van der Waals surface area contributed by atoms with E-state index in [-0.39, 0.29) is 9.76 Å². The van der Waals surface area contributed by atoms with Crippen LogP contribution in [0.4, 0.5) is 0 Å². The highest BCUT2D eigenvalue weighted by Crippen LogP contribution is 1.72. The van der Waals surface area contributed by atoms with E-state index < -0.39 is 20.0 Å². The van der Waals surface area contributed by atoms with Crippen LogP contribution in [0.15, 0.2) is 11.8 Å². The van der Waals surface area contributed by atoms with Crippen LogP contribution in [0.25, 0.3) is 0 Å². The molecule has 0 radical (unpaired) electrons. The highest BCUT2D eigenvalue weighted by Gasteiger charge is 1.85. The molecule has 0 unspecified atom stereocenters. The molecular weight excluding hydrogens is 196 g/mol. The van der Waals surface area contributed by atoms with Crippen LogP contribution in [-0.4, -0.2) is 40.3 Å². The molecule has 0 aliphatic heterocycles. The average Bonchev–Trinajstić information content (AvgIpc) is 1.97. The van der Waals surface area contributed by atoms with Gasteiger partial charge in [-0.15, -0.1) is 0 Å². The molecule has 0 aliphatic carbocycles. The molecule has 0 spiro atoms. The van der Waals surface area contributed by atoms with Crippen molar-refractivity contribution < 1.29 is 12.3 Å². The zero-order chi connectivity index (χ0) is 7.66. The summed E-state index contributed by atoms with van der Waals surface area (Å²) in [5.74, 6) is 0. The SMILES string of the molecule is CC=C[SiH2]O[SiH2]O[SiH2]O[SiH3]. The Morgan fingerprint density at radius 2 is 2.10 bits per heavy atom. The second-order valence-corrected chi connectivity index (χ2v) is 8.52. The van der Waals surface area contributed by atoms with Crippen LogP contribution in [0.2, 0.25) is 0 Å². The van der Waals surface area contributed by atoms with Crippen LogP contribution in [-0.2, 0) is 12.3 Å². The highest BCUT2D eigenvalue weighted by atomic mass is 28.4. The maximum atomic E-state index is 5.32. The minimum Gasteiger partial charge on any atom is -0.449 e. The Kier molecular flexibility index (Phi) is 9.95. The van der Waals surface area contributed by atoms with E-state index in [0.29, 0.717) is 0 Å². The maximum absolute atomic E-state index is 5.32. The molecule has 0 heterocycles. The van der Waals surface area contributed by atoms with Gasteiger partial charge < -0.3 is 12.3 Å². The van der Waals surface area contributed by atoms with Gasteiger partial charge in [0.25, 0.3) is 20.0 Å². The van der Waals surface area contributed by atoms with E-state index in [1.165, 1.54) is 0 Å². The molecule has 3 nitrogen and oxygen atoms in total.